The normalized spacial score (nSPS) is 18.4. The number of likely N-dealkylation sites (tertiary alicyclic amines) is 1. The summed E-state index contributed by atoms with van der Waals surface area (Å²) in [6, 6.07) is 1.87. The monoisotopic (exact) mass is 322 g/mol. The molecule has 1 aromatic rings. The van der Waals surface area contributed by atoms with Gasteiger partial charge in [-0.05, 0) is 39.3 Å². The van der Waals surface area contributed by atoms with E-state index in [0.29, 0.717) is 30.6 Å². The minimum atomic E-state index is -0.431. The lowest BCUT2D eigenvalue weighted by Gasteiger charge is -2.33. The summed E-state index contributed by atoms with van der Waals surface area (Å²) < 4.78 is 4.88. The van der Waals surface area contributed by atoms with Gasteiger partial charge in [-0.15, -0.1) is 0 Å². The van der Waals surface area contributed by atoms with Crippen LogP contribution in [0.1, 0.15) is 43.6 Å². The molecular formula is C16H26N4O3. The van der Waals surface area contributed by atoms with Gasteiger partial charge in [-0.25, -0.2) is 9.59 Å². The van der Waals surface area contributed by atoms with E-state index < -0.39 is 5.97 Å². The van der Waals surface area contributed by atoms with Crippen LogP contribution in [0.2, 0.25) is 0 Å². The summed E-state index contributed by atoms with van der Waals surface area (Å²) in [5.74, 6) is -0.431. The van der Waals surface area contributed by atoms with Crippen molar-refractivity contribution in [3.05, 3.63) is 18.0 Å². The van der Waals surface area contributed by atoms with Gasteiger partial charge in [0.15, 0.2) is 0 Å². The molecule has 7 nitrogen and oxygen atoms in total. The van der Waals surface area contributed by atoms with Crippen LogP contribution < -0.4 is 10.6 Å². The molecule has 0 spiro atoms. The van der Waals surface area contributed by atoms with Gasteiger partial charge in [-0.3, -0.25) is 4.90 Å². The van der Waals surface area contributed by atoms with Crippen molar-refractivity contribution in [1.82, 2.24) is 15.2 Å². The van der Waals surface area contributed by atoms with Gasteiger partial charge in [0.1, 0.15) is 5.69 Å². The molecule has 2 heterocycles. The molecule has 0 radical (unpaired) electrons. The standard InChI is InChI=1S/C16H26N4O3/c1-3-23-15(21)14-10-13(11-18-14)19-16(22)17-7-9-20-8-5-4-6-12(20)2/h10-12,18H,3-9H2,1-2H3,(H2,17,19,22)/t12-/m0/s1. The first-order chi connectivity index (χ1) is 11.1. The third-order valence-corrected chi connectivity index (χ3v) is 4.06. The van der Waals surface area contributed by atoms with E-state index in [9.17, 15) is 9.59 Å². The molecule has 1 aliphatic heterocycles. The Morgan fingerprint density at radius 1 is 1.43 bits per heavy atom. The first kappa shape index (κ1) is 17.3. The maximum atomic E-state index is 11.9. The quantitative estimate of drug-likeness (QED) is 0.701. The maximum Gasteiger partial charge on any atom is 0.354 e. The highest BCUT2D eigenvalue weighted by atomic mass is 16.5. The van der Waals surface area contributed by atoms with Crippen LogP contribution in [0.15, 0.2) is 12.3 Å². The number of H-pyrrole nitrogens is 1. The summed E-state index contributed by atoms with van der Waals surface area (Å²) in [5.41, 5.74) is 0.862. The average molecular weight is 322 g/mol. The molecule has 0 saturated carbocycles. The largest absolute Gasteiger partial charge is 0.461 e. The van der Waals surface area contributed by atoms with E-state index >= 15 is 0 Å². The van der Waals surface area contributed by atoms with Crippen LogP contribution in [-0.2, 0) is 4.74 Å². The Morgan fingerprint density at radius 2 is 2.26 bits per heavy atom. The lowest BCUT2D eigenvalue weighted by Crippen LogP contribution is -2.43. The molecule has 7 heteroatoms. The number of carbonyl (C=O) groups excluding carboxylic acids is 2. The Bertz CT molecular complexity index is 529. The molecule has 0 bridgehead atoms. The highest BCUT2D eigenvalue weighted by molar-refractivity contribution is 5.93. The molecule has 1 fully saturated rings. The van der Waals surface area contributed by atoms with E-state index in [1.165, 1.54) is 19.3 Å². The van der Waals surface area contributed by atoms with Gasteiger partial charge in [0.25, 0.3) is 0 Å². The Hall–Kier alpha value is -2.02. The summed E-state index contributed by atoms with van der Waals surface area (Å²) in [6.45, 7) is 6.86. The summed E-state index contributed by atoms with van der Waals surface area (Å²) >= 11 is 0. The van der Waals surface area contributed by atoms with Gasteiger partial charge in [-0.1, -0.05) is 6.42 Å². The molecule has 1 atom stereocenters. The second-order valence-electron chi connectivity index (χ2n) is 5.78. The molecular weight excluding hydrogens is 296 g/mol. The summed E-state index contributed by atoms with van der Waals surface area (Å²) in [6.07, 6.45) is 5.32. The number of rotatable bonds is 6. The molecule has 2 amide bonds. The lowest BCUT2D eigenvalue weighted by atomic mass is 10.0. The van der Waals surface area contributed by atoms with Crippen molar-refractivity contribution in [1.29, 1.82) is 0 Å². The van der Waals surface area contributed by atoms with Crippen LogP contribution in [0.5, 0.6) is 0 Å². The van der Waals surface area contributed by atoms with Crippen molar-refractivity contribution in [2.24, 2.45) is 0 Å². The summed E-state index contributed by atoms with van der Waals surface area (Å²) in [5, 5.41) is 5.54. The molecule has 0 aliphatic carbocycles. The van der Waals surface area contributed by atoms with E-state index in [4.69, 9.17) is 4.74 Å². The van der Waals surface area contributed by atoms with E-state index in [2.05, 4.69) is 27.4 Å². The third-order valence-electron chi connectivity index (χ3n) is 4.06. The van der Waals surface area contributed by atoms with Crippen LogP contribution in [0, 0.1) is 0 Å². The van der Waals surface area contributed by atoms with Crippen molar-refractivity contribution in [3.8, 4) is 0 Å². The van der Waals surface area contributed by atoms with Crippen LogP contribution in [0.4, 0.5) is 10.5 Å². The second kappa shape index (κ2) is 8.57. The highest BCUT2D eigenvalue weighted by Crippen LogP contribution is 2.15. The van der Waals surface area contributed by atoms with E-state index in [0.717, 1.165) is 13.1 Å². The zero-order valence-corrected chi connectivity index (χ0v) is 13.9. The minimum Gasteiger partial charge on any atom is -0.461 e. The number of anilines is 1. The fourth-order valence-electron chi connectivity index (χ4n) is 2.77. The number of nitrogens with one attached hydrogen (secondary N) is 3. The predicted molar refractivity (Wildman–Crippen MR) is 88.7 cm³/mol. The van der Waals surface area contributed by atoms with Crippen LogP contribution in [0.25, 0.3) is 0 Å². The predicted octanol–water partition coefficient (Wildman–Crippen LogP) is 2.19. The Kier molecular flexibility index (Phi) is 6.46. The molecule has 1 aliphatic rings. The number of carbonyl (C=O) groups is 2. The first-order valence-corrected chi connectivity index (χ1v) is 8.24. The number of urea groups is 1. The zero-order chi connectivity index (χ0) is 16.7. The van der Waals surface area contributed by atoms with Crippen LogP contribution in [-0.4, -0.2) is 54.2 Å². The fourth-order valence-corrected chi connectivity index (χ4v) is 2.77. The van der Waals surface area contributed by atoms with Gasteiger partial charge in [0, 0.05) is 25.3 Å². The van der Waals surface area contributed by atoms with Crippen molar-refractivity contribution >= 4 is 17.7 Å². The second-order valence-corrected chi connectivity index (χ2v) is 5.78. The average Bonchev–Trinajstić information content (AvgIpc) is 2.98. The molecule has 0 unspecified atom stereocenters. The highest BCUT2D eigenvalue weighted by Gasteiger charge is 2.17. The maximum absolute atomic E-state index is 11.9. The summed E-state index contributed by atoms with van der Waals surface area (Å²) in [7, 11) is 0. The van der Waals surface area contributed by atoms with Gasteiger partial charge >= 0.3 is 12.0 Å². The van der Waals surface area contributed by atoms with Gasteiger partial charge in [0.2, 0.25) is 0 Å². The topological polar surface area (TPSA) is 86.5 Å². The Labute approximate surface area is 136 Å². The molecule has 23 heavy (non-hydrogen) atoms. The van der Waals surface area contributed by atoms with Gasteiger partial charge in [0.05, 0.1) is 12.3 Å². The molecule has 0 aromatic carbocycles. The van der Waals surface area contributed by atoms with Crippen molar-refractivity contribution in [2.45, 2.75) is 39.2 Å². The van der Waals surface area contributed by atoms with E-state index in [1.54, 1.807) is 19.2 Å². The van der Waals surface area contributed by atoms with Gasteiger partial charge in [-0.2, -0.15) is 0 Å². The number of hydrogen-bond acceptors (Lipinski definition) is 4. The van der Waals surface area contributed by atoms with E-state index in [1.807, 2.05) is 0 Å². The Balaban J connectivity index is 1.71. The molecule has 1 aromatic heterocycles. The molecule has 1 saturated heterocycles. The van der Waals surface area contributed by atoms with Crippen molar-refractivity contribution in [3.63, 3.8) is 0 Å². The smallest absolute Gasteiger partial charge is 0.354 e. The number of esters is 1. The lowest BCUT2D eigenvalue weighted by molar-refractivity contribution is 0.0520. The fraction of sp³-hybridized carbons (Fsp3) is 0.625. The number of amides is 2. The Morgan fingerprint density at radius 3 is 3.00 bits per heavy atom. The van der Waals surface area contributed by atoms with Crippen LogP contribution >= 0.6 is 0 Å². The number of hydrogen-bond donors (Lipinski definition) is 3. The summed E-state index contributed by atoms with van der Waals surface area (Å²) in [4.78, 5) is 28.6. The number of nitrogens with zero attached hydrogens (tertiary/aromatic N) is 1. The van der Waals surface area contributed by atoms with Crippen molar-refractivity contribution < 1.29 is 14.3 Å². The number of ether oxygens (including phenoxy) is 1. The molecule has 128 valence electrons. The first-order valence-electron chi connectivity index (χ1n) is 8.24. The zero-order valence-electron chi connectivity index (χ0n) is 13.9. The van der Waals surface area contributed by atoms with Gasteiger partial charge < -0.3 is 20.4 Å². The number of aromatic nitrogens is 1. The third kappa shape index (κ3) is 5.28. The van der Waals surface area contributed by atoms with E-state index in [-0.39, 0.29) is 6.03 Å². The van der Waals surface area contributed by atoms with Crippen LogP contribution in [0.3, 0.4) is 0 Å². The SMILES string of the molecule is CCOC(=O)c1cc(NC(=O)NCCN2CCCC[C@@H]2C)c[nH]1. The number of aromatic amines is 1. The molecule has 2 rings (SSSR count). The molecule has 3 N–H and O–H groups in total. The minimum absolute atomic E-state index is 0.274. The number of piperidine rings is 1. The van der Waals surface area contributed by atoms with Crippen molar-refractivity contribution in [2.75, 3.05) is 31.6 Å².